The fourth-order valence-electron chi connectivity index (χ4n) is 1.32. The van der Waals surface area contributed by atoms with E-state index < -0.39 is 0 Å². The van der Waals surface area contributed by atoms with Crippen LogP contribution in [0.2, 0.25) is 0 Å². The third-order valence-corrected chi connectivity index (χ3v) is 2.31. The molecule has 0 bridgehead atoms. The number of rotatable bonds is 7. The minimum Gasteiger partial charge on any atom is -0.476 e. The Morgan fingerprint density at radius 2 is 2.11 bits per heavy atom. The maximum Gasteiger partial charge on any atom is 0.239 e. The number of aliphatic hydroxyl groups is 1. The van der Waals surface area contributed by atoms with Crippen LogP contribution >= 0.6 is 0 Å². The number of aromatic nitrogens is 1. The number of nitrogens with two attached hydrogens (primary N) is 1. The van der Waals surface area contributed by atoms with Crippen LogP contribution in [-0.4, -0.2) is 29.3 Å². The summed E-state index contributed by atoms with van der Waals surface area (Å²) in [7, 11) is 0. The highest BCUT2D eigenvalue weighted by Gasteiger charge is 2.05. The number of aliphatic hydroxyl groups excluding tert-OH is 1. The molecule has 18 heavy (non-hydrogen) atoms. The van der Waals surface area contributed by atoms with E-state index >= 15 is 0 Å². The van der Waals surface area contributed by atoms with Gasteiger partial charge in [0.05, 0.1) is 18.4 Å². The highest BCUT2D eigenvalue weighted by Crippen LogP contribution is 2.21. The van der Waals surface area contributed by atoms with E-state index in [0.29, 0.717) is 42.9 Å². The summed E-state index contributed by atoms with van der Waals surface area (Å²) >= 11 is 0. The maximum atomic E-state index is 9.17. The number of ether oxygens (including phenoxy) is 1. The zero-order valence-electron chi connectivity index (χ0n) is 11.3. The molecular weight excluding hydrogens is 230 g/mol. The van der Waals surface area contributed by atoms with Crippen molar-refractivity contribution in [1.82, 2.24) is 4.98 Å². The lowest BCUT2D eigenvalue weighted by Crippen LogP contribution is -2.12. The number of nitrogens with zero attached hydrogens (tertiary/aromatic N) is 1. The summed E-state index contributed by atoms with van der Waals surface area (Å²) in [6, 6.07) is 3.58. The van der Waals surface area contributed by atoms with Crippen LogP contribution in [0.1, 0.15) is 27.2 Å². The van der Waals surface area contributed by atoms with Crippen molar-refractivity contribution in [1.29, 1.82) is 0 Å². The van der Waals surface area contributed by atoms with Gasteiger partial charge in [0.25, 0.3) is 0 Å². The first-order valence-electron chi connectivity index (χ1n) is 6.30. The van der Waals surface area contributed by atoms with E-state index in [9.17, 15) is 0 Å². The van der Waals surface area contributed by atoms with Crippen LogP contribution in [0.3, 0.4) is 0 Å². The van der Waals surface area contributed by atoms with Gasteiger partial charge in [-0.05, 0) is 31.4 Å². The summed E-state index contributed by atoms with van der Waals surface area (Å²) in [4.78, 5) is 4.30. The topological polar surface area (TPSA) is 80.4 Å². The lowest BCUT2D eigenvalue weighted by atomic mass is 10.2. The van der Waals surface area contributed by atoms with Gasteiger partial charge in [0.15, 0.2) is 0 Å². The zero-order chi connectivity index (χ0) is 13.5. The molecule has 0 aliphatic heterocycles. The van der Waals surface area contributed by atoms with E-state index in [-0.39, 0.29) is 6.10 Å². The van der Waals surface area contributed by atoms with Crippen molar-refractivity contribution < 1.29 is 9.84 Å². The Hall–Kier alpha value is -1.49. The molecule has 1 aromatic heterocycles. The second kappa shape index (κ2) is 7.06. The minimum atomic E-state index is -0.317. The molecule has 1 atom stereocenters. The number of pyridine rings is 1. The van der Waals surface area contributed by atoms with E-state index in [4.69, 9.17) is 15.6 Å². The van der Waals surface area contributed by atoms with Crippen molar-refractivity contribution >= 4 is 11.5 Å². The molecule has 0 saturated heterocycles. The molecule has 1 unspecified atom stereocenters. The van der Waals surface area contributed by atoms with Gasteiger partial charge in [-0.3, -0.25) is 0 Å². The molecule has 5 nitrogen and oxygen atoms in total. The summed E-state index contributed by atoms with van der Waals surface area (Å²) < 4.78 is 5.54. The smallest absolute Gasteiger partial charge is 0.239 e. The predicted molar refractivity (Wildman–Crippen MR) is 73.8 cm³/mol. The highest BCUT2D eigenvalue weighted by atomic mass is 16.5. The lowest BCUT2D eigenvalue weighted by molar-refractivity contribution is 0.188. The number of anilines is 2. The molecule has 0 fully saturated rings. The van der Waals surface area contributed by atoms with Crippen LogP contribution in [0.4, 0.5) is 11.5 Å². The Bertz CT molecular complexity index is 367. The molecule has 0 saturated carbocycles. The predicted octanol–water partition coefficient (Wildman–Crippen LogP) is 1.88. The maximum absolute atomic E-state index is 9.17. The second-order valence-corrected chi connectivity index (χ2v) is 4.86. The van der Waals surface area contributed by atoms with Crippen LogP contribution in [0.5, 0.6) is 5.88 Å². The van der Waals surface area contributed by atoms with E-state index in [0.717, 1.165) is 0 Å². The molecular formula is C13H23N3O2. The Kier molecular flexibility index (Phi) is 5.71. The normalized spacial score (nSPS) is 12.5. The minimum absolute atomic E-state index is 0.317. The van der Waals surface area contributed by atoms with Crippen molar-refractivity contribution in [3.8, 4) is 5.88 Å². The van der Waals surface area contributed by atoms with Gasteiger partial charge in [0.1, 0.15) is 5.82 Å². The average molecular weight is 253 g/mol. The first-order chi connectivity index (χ1) is 8.49. The van der Waals surface area contributed by atoms with E-state index in [1.807, 2.05) is 0 Å². The van der Waals surface area contributed by atoms with E-state index in [1.54, 1.807) is 19.1 Å². The number of hydrogen-bond donors (Lipinski definition) is 3. The highest BCUT2D eigenvalue weighted by molar-refractivity contribution is 5.53. The molecule has 0 amide bonds. The van der Waals surface area contributed by atoms with Gasteiger partial charge in [-0.1, -0.05) is 13.8 Å². The van der Waals surface area contributed by atoms with Crippen molar-refractivity contribution in [2.24, 2.45) is 5.92 Å². The Morgan fingerprint density at radius 3 is 2.72 bits per heavy atom. The van der Waals surface area contributed by atoms with Crippen LogP contribution < -0.4 is 15.8 Å². The standard InChI is InChI=1S/C13H23N3O2/c1-9(2)8-18-13-11(14)4-5-12(16-13)15-7-6-10(3)17/h4-5,9-10,17H,6-8,14H2,1-3H3,(H,15,16). The number of hydrogen-bond acceptors (Lipinski definition) is 5. The fraction of sp³-hybridized carbons (Fsp3) is 0.615. The number of nitrogens with one attached hydrogen (secondary N) is 1. The second-order valence-electron chi connectivity index (χ2n) is 4.86. The van der Waals surface area contributed by atoms with Gasteiger partial charge in [0.2, 0.25) is 5.88 Å². The van der Waals surface area contributed by atoms with E-state index in [2.05, 4.69) is 24.1 Å². The Morgan fingerprint density at radius 1 is 1.39 bits per heavy atom. The lowest BCUT2D eigenvalue weighted by Gasteiger charge is -2.12. The zero-order valence-corrected chi connectivity index (χ0v) is 11.3. The van der Waals surface area contributed by atoms with Gasteiger partial charge in [0, 0.05) is 6.54 Å². The third-order valence-electron chi connectivity index (χ3n) is 2.31. The van der Waals surface area contributed by atoms with Gasteiger partial charge in [-0.25, -0.2) is 0 Å². The van der Waals surface area contributed by atoms with Crippen LogP contribution in [0, 0.1) is 5.92 Å². The summed E-state index contributed by atoms with van der Waals surface area (Å²) in [6.07, 6.45) is 0.358. The van der Waals surface area contributed by atoms with Gasteiger partial charge >= 0.3 is 0 Å². The summed E-state index contributed by atoms with van der Waals surface area (Å²) in [6.45, 7) is 7.16. The molecule has 5 heteroatoms. The molecule has 1 rings (SSSR count). The van der Waals surface area contributed by atoms with Crippen LogP contribution in [0.25, 0.3) is 0 Å². The first kappa shape index (κ1) is 14.6. The van der Waals surface area contributed by atoms with Crippen molar-refractivity contribution in [2.75, 3.05) is 24.2 Å². The Labute approximate surface area is 108 Å². The van der Waals surface area contributed by atoms with Gasteiger partial charge < -0.3 is 20.9 Å². The molecule has 0 radical (unpaired) electrons. The summed E-state index contributed by atoms with van der Waals surface area (Å²) in [5.74, 6) is 1.60. The van der Waals surface area contributed by atoms with Crippen LogP contribution in [0.15, 0.2) is 12.1 Å². The molecule has 0 aliphatic carbocycles. The third kappa shape index (κ3) is 5.23. The molecule has 102 valence electrons. The fourth-order valence-corrected chi connectivity index (χ4v) is 1.32. The van der Waals surface area contributed by atoms with E-state index in [1.165, 1.54) is 0 Å². The summed E-state index contributed by atoms with van der Waals surface area (Å²) in [5.41, 5.74) is 6.34. The quantitative estimate of drug-likeness (QED) is 0.691. The first-order valence-corrected chi connectivity index (χ1v) is 6.30. The largest absolute Gasteiger partial charge is 0.476 e. The SMILES string of the molecule is CC(C)COc1nc(NCCC(C)O)ccc1N. The average Bonchev–Trinajstić information content (AvgIpc) is 2.29. The Balaban J connectivity index is 2.56. The van der Waals surface area contributed by atoms with Crippen molar-refractivity contribution in [3.05, 3.63) is 12.1 Å². The van der Waals surface area contributed by atoms with Crippen molar-refractivity contribution in [3.63, 3.8) is 0 Å². The molecule has 0 spiro atoms. The van der Waals surface area contributed by atoms with Crippen molar-refractivity contribution in [2.45, 2.75) is 33.3 Å². The molecule has 1 aromatic rings. The number of nitrogen functional groups attached to an aromatic ring is 1. The molecule has 1 heterocycles. The monoisotopic (exact) mass is 253 g/mol. The molecule has 4 N–H and O–H groups in total. The van der Waals surface area contributed by atoms with Gasteiger partial charge in [-0.15, -0.1) is 0 Å². The summed E-state index contributed by atoms with van der Waals surface area (Å²) in [5, 5.41) is 12.3. The van der Waals surface area contributed by atoms with Gasteiger partial charge in [-0.2, -0.15) is 4.98 Å². The molecule has 0 aromatic carbocycles. The molecule has 0 aliphatic rings. The van der Waals surface area contributed by atoms with Crippen LogP contribution in [-0.2, 0) is 0 Å².